The predicted octanol–water partition coefficient (Wildman–Crippen LogP) is 2.46. The maximum absolute atomic E-state index is 12.7. The van der Waals surface area contributed by atoms with Crippen LogP contribution in [0, 0.1) is 5.92 Å². The molecule has 1 aliphatic rings. The van der Waals surface area contributed by atoms with E-state index in [1.54, 1.807) is 11.0 Å². The molecule has 1 aromatic carbocycles. The van der Waals surface area contributed by atoms with E-state index in [0.717, 1.165) is 17.1 Å². The summed E-state index contributed by atoms with van der Waals surface area (Å²) in [6.07, 6.45) is 1.66. The van der Waals surface area contributed by atoms with E-state index in [4.69, 9.17) is 0 Å². The summed E-state index contributed by atoms with van der Waals surface area (Å²) in [5, 5.41) is 8.72. The Bertz CT molecular complexity index is 859. The number of rotatable bonds is 7. The average molecular weight is 408 g/mol. The molecule has 158 valence electrons. The molecule has 1 aliphatic heterocycles. The molecule has 0 N–H and O–H groups in total. The van der Waals surface area contributed by atoms with Crippen molar-refractivity contribution in [3.63, 3.8) is 0 Å². The first kappa shape index (κ1) is 21.5. The number of amides is 2. The molecule has 0 spiro atoms. The largest absolute Gasteiger partial charge is 0.352 e. The first-order valence-electron chi connectivity index (χ1n) is 10.3. The molecule has 0 bridgehead atoms. The molecular formula is C23H29N5O2. The molecule has 30 heavy (non-hydrogen) atoms. The van der Waals surface area contributed by atoms with Crippen molar-refractivity contribution in [3.05, 3.63) is 55.1 Å². The topological polar surface area (TPSA) is 69.6 Å². The molecular weight excluding hydrogens is 378 g/mol. The second-order valence-corrected chi connectivity index (χ2v) is 7.67. The number of nitrogens with zero attached hydrogens (tertiary/aromatic N) is 5. The molecule has 7 nitrogen and oxygen atoms in total. The summed E-state index contributed by atoms with van der Waals surface area (Å²) < 4.78 is 0. The van der Waals surface area contributed by atoms with E-state index in [1.807, 2.05) is 61.2 Å². The van der Waals surface area contributed by atoms with E-state index in [1.165, 1.54) is 0 Å². The van der Waals surface area contributed by atoms with Gasteiger partial charge in [-0.05, 0) is 12.1 Å². The van der Waals surface area contributed by atoms with Gasteiger partial charge in [0.05, 0.1) is 5.69 Å². The monoisotopic (exact) mass is 407 g/mol. The number of hydrogen-bond donors (Lipinski definition) is 0. The number of piperazine rings is 1. The van der Waals surface area contributed by atoms with Crippen molar-refractivity contribution >= 4 is 17.6 Å². The van der Waals surface area contributed by atoms with Gasteiger partial charge in [-0.15, -0.1) is 16.8 Å². The Hall–Kier alpha value is -3.22. The van der Waals surface area contributed by atoms with Gasteiger partial charge >= 0.3 is 0 Å². The zero-order chi connectivity index (χ0) is 21.5. The van der Waals surface area contributed by atoms with Crippen LogP contribution in [0.1, 0.15) is 13.8 Å². The van der Waals surface area contributed by atoms with Gasteiger partial charge in [0.25, 0.3) is 0 Å². The van der Waals surface area contributed by atoms with Crippen molar-refractivity contribution in [2.24, 2.45) is 5.92 Å². The van der Waals surface area contributed by atoms with Crippen molar-refractivity contribution in [3.8, 4) is 11.3 Å². The smallest absolute Gasteiger partial charge is 0.242 e. The van der Waals surface area contributed by atoms with Crippen molar-refractivity contribution in [2.45, 2.75) is 13.8 Å². The minimum atomic E-state index is -0.146. The summed E-state index contributed by atoms with van der Waals surface area (Å²) in [4.78, 5) is 30.5. The lowest BCUT2D eigenvalue weighted by atomic mass is 10.1. The normalized spacial score (nSPS) is 14.0. The van der Waals surface area contributed by atoms with Gasteiger partial charge in [-0.1, -0.05) is 50.3 Å². The molecule has 0 saturated carbocycles. The van der Waals surface area contributed by atoms with Crippen LogP contribution < -0.4 is 4.90 Å². The van der Waals surface area contributed by atoms with Crippen LogP contribution in [0.4, 0.5) is 5.82 Å². The van der Waals surface area contributed by atoms with E-state index in [0.29, 0.717) is 32.7 Å². The summed E-state index contributed by atoms with van der Waals surface area (Å²) in [5.41, 5.74) is 1.87. The summed E-state index contributed by atoms with van der Waals surface area (Å²) in [6.45, 7) is 10.4. The van der Waals surface area contributed by atoms with E-state index < -0.39 is 0 Å². The zero-order valence-corrected chi connectivity index (χ0v) is 17.7. The lowest BCUT2D eigenvalue weighted by Crippen LogP contribution is -2.52. The summed E-state index contributed by atoms with van der Waals surface area (Å²) in [5.74, 6) is 0.601. The third-order valence-corrected chi connectivity index (χ3v) is 5.16. The van der Waals surface area contributed by atoms with Gasteiger partial charge in [0.15, 0.2) is 5.82 Å². The molecule has 1 fully saturated rings. The number of hydrogen-bond acceptors (Lipinski definition) is 5. The van der Waals surface area contributed by atoms with Crippen LogP contribution in [0.15, 0.2) is 55.1 Å². The quantitative estimate of drug-likeness (QED) is 0.660. The first-order valence-corrected chi connectivity index (χ1v) is 10.3. The predicted molar refractivity (Wildman–Crippen MR) is 118 cm³/mol. The molecule has 2 heterocycles. The second-order valence-electron chi connectivity index (χ2n) is 7.67. The van der Waals surface area contributed by atoms with Crippen molar-refractivity contribution in [1.29, 1.82) is 0 Å². The Morgan fingerprint density at radius 3 is 2.33 bits per heavy atom. The van der Waals surface area contributed by atoms with E-state index in [9.17, 15) is 9.59 Å². The lowest BCUT2D eigenvalue weighted by Gasteiger charge is -2.36. The number of carbonyl (C=O) groups excluding carboxylic acids is 2. The average Bonchev–Trinajstić information content (AvgIpc) is 2.79. The van der Waals surface area contributed by atoms with E-state index in [2.05, 4.69) is 21.7 Å². The number of anilines is 1. The molecule has 0 unspecified atom stereocenters. The van der Waals surface area contributed by atoms with E-state index in [-0.39, 0.29) is 24.3 Å². The third-order valence-electron chi connectivity index (χ3n) is 5.16. The highest BCUT2D eigenvalue weighted by molar-refractivity contribution is 5.86. The van der Waals surface area contributed by atoms with Crippen molar-refractivity contribution < 1.29 is 9.59 Å². The molecule has 2 aromatic rings. The number of aromatic nitrogens is 2. The van der Waals surface area contributed by atoms with E-state index >= 15 is 0 Å². The Labute approximate surface area is 178 Å². The molecule has 7 heteroatoms. The molecule has 1 saturated heterocycles. The Kier molecular flexibility index (Phi) is 7.17. The minimum Gasteiger partial charge on any atom is -0.352 e. The molecule has 2 amide bonds. The van der Waals surface area contributed by atoms with Gasteiger partial charge in [0.1, 0.15) is 6.54 Å². The van der Waals surface area contributed by atoms with Crippen molar-refractivity contribution in [2.75, 3.05) is 44.2 Å². The third kappa shape index (κ3) is 5.23. The lowest BCUT2D eigenvalue weighted by molar-refractivity contribution is -0.142. The fourth-order valence-corrected chi connectivity index (χ4v) is 3.46. The van der Waals surface area contributed by atoms with Crippen LogP contribution >= 0.6 is 0 Å². The van der Waals surface area contributed by atoms with Gasteiger partial charge in [0.2, 0.25) is 11.8 Å². The fourth-order valence-electron chi connectivity index (χ4n) is 3.46. The summed E-state index contributed by atoms with van der Waals surface area (Å²) >= 11 is 0. The Morgan fingerprint density at radius 1 is 1.07 bits per heavy atom. The highest BCUT2D eigenvalue weighted by Gasteiger charge is 2.25. The molecule has 3 rings (SSSR count). The molecule has 1 aromatic heterocycles. The highest BCUT2D eigenvalue weighted by Crippen LogP contribution is 2.19. The molecule has 0 atom stereocenters. The molecule has 0 aliphatic carbocycles. The zero-order valence-electron chi connectivity index (χ0n) is 17.7. The summed E-state index contributed by atoms with van der Waals surface area (Å²) in [6, 6.07) is 13.9. The highest BCUT2D eigenvalue weighted by atomic mass is 16.2. The Morgan fingerprint density at radius 2 is 1.77 bits per heavy atom. The van der Waals surface area contributed by atoms with Gasteiger partial charge in [-0.3, -0.25) is 9.59 Å². The molecule has 0 radical (unpaired) electrons. The number of benzene rings is 1. The van der Waals surface area contributed by atoms with Crippen LogP contribution in [-0.2, 0) is 9.59 Å². The SMILES string of the molecule is C=CCN(CC(=O)N1CCN(c2ccc(-c3ccccc3)nn2)CC1)C(=O)C(C)C. The van der Waals surface area contributed by atoms with Crippen LogP contribution in [0.25, 0.3) is 11.3 Å². The fraction of sp³-hybridized carbons (Fsp3) is 0.391. The van der Waals surface area contributed by atoms with Crippen LogP contribution in [0.2, 0.25) is 0 Å². The summed E-state index contributed by atoms with van der Waals surface area (Å²) in [7, 11) is 0. The second kappa shape index (κ2) is 10.0. The minimum absolute atomic E-state index is 0.0315. The van der Waals surface area contributed by atoms with Crippen LogP contribution in [-0.4, -0.2) is 71.1 Å². The first-order chi connectivity index (χ1) is 14.5. The maximum Gasteiger partial charge on any atom is 0.242 e. The van der Waals surface area contributed by atoms with Gasteiger partial charge in [-0.2, -0.15) is 0 Å². The van der Waals surface area contributed by atoms with Crippen LogP contribution in [0.3, 0.4) is 0 Å². The number of carbonyl (C=O) groups is 2. The standard InChI is InChI=1S/C23H29N5O2/c1-4-12-28(23(30)18(2)3)17-22(29)27-15-13-26(14-16-27)21-11-10-20(24-25-21)19-8-6-5-7-9-19/h4-11,18H,1,12-17H2,2-3H3. The Balaban J connectivity index is 1.55. The van der Waals surface area contributed by atoms with Gasteiger partial charge in [-0.25, -0.2) is 0 Å². The maximum atomic E-state index is 12.7. The van der Waals surface area contributed by atoms with Gasteiger partial charge < -0.3 is 14.7 Å². The van der Waals surface area contributed by atoms with Crippen LogP contribution in [0.5, 0.6) is 0 Å². The van der Waals surface area contributed by atoms with Gasteiger partial charge in [0, 0.05) is 44.2 Å². The van der Waals surface area contributed by atoms with Crippen molar-refractivity contribution in [1.82, 2.24) is 20.0 Å².